The molecule has 24 heavy (non-hydrogen) atoms. The normalized spacial score (nSPS) is 15.7. The smallest absolute Gasteiger partial charge is 0.234 e. The van der Waals surface area contributed by atoms with Gasteiger partial charge in [0.2, 0.25) is 11.8 Å². The number of nitrogens with zero attached hydrogens (tertiary/aromatic N) is 2. The molecule has 1 N–H and O–H groups in total. The predicted molar refractivity (Wildman–Crippen MR) is 92.8 cm³/mol. The average Bonchev–Trinajstić information content (AvgIpc) is 2.85. The van der Waals surface area contributed by atoms with Crippen molar-refractivity contribution in [2.75, 3.05) is 39.8 Å². The highest BCUT2D eigenvalue weighted by molar-refractivity contribution is 5.78. The molecule has 1 aromatic carbocycles. The number of amides is 2. The van der Waals surface area contributed by atoms with Crippen molar-refractivity contribution in [3.63, 3.8) is 0 Å². The number of methoxy groups -OCH3 is 1. The standard InChI is InChI=1S/C18H27N3O3/c1-3-18(23)21-9-5-8-20(10-11-21)14-17(22)19-13-15-6-4-7-16(12-15)24-2/h4,6-7,12H,3,5,8-11,13-14H2,1-2H3,(H,19,22). The van der Waals surface area contributed by atoms with Gasteiger partial charge in [-0.05, 0) is 24.1 Å². The van der Waals surface area contributed by atoms with Gasteiger partial charge in [-0.2, -0.15) is 0 Å². The first-order valence-corrected chi connectivity index (χ1v) is 8.52. The first-order chi connectivity index (χ1) is 11.6. The lowest BCUT2D eigenvalue weighted by Crippen LogP contribution is -2.39. The van der Waals surface area contributed by atoms with Crippen LogP contribution in [-0.2, 0) is 16.1 Å². The molecule has 0 aromatic heterocycles. The molecule has 0 atom stereocenters. The number of carbonyl (C=O) groups is 2. The van der Waals surface area contributed by atoms with E-state index in [0.29, 0.717) is 26.1 Å². The van der Waals surface area contributed by atoms with E-state index in [2.05, 4.69) is 10.2 Å². The van der Waals surface area contributed by atoms with Gasteiger partial charge in [-0.25, -0.2) is 0 Å². The molecule has 6 heteroatoms. The molecular formula is C18H27N3O3. The van der Waals surface area contributed by atoms with Gasteiger partial charge in [0, 0.05) is 39.1 Å². The van der Waals surface area contributed by atoms with Crippen LogP contribution in [0.2, 0.25) is 0 Å². The summed E-state index contributed by atoms with van der Waals surface area (Å²) in [6.45, 7) is 5.84. The first kappa shape index (κ1) is 18.3. The molecule has 1 fully saturated rings. The lowest BCUT2D eigenvalue weighted by atomic mass is 10.2. The van der Waals surface area contributed by atoms with Crippen molar-refractivity contribution in [3.8, 4) is 5.75 Å². The van der Waals surface area contributed by atoms with Crippen LogP contribution in [0, 0.1) is 0 Å². The number of ether oxygens (including phenoxy) is 1. The van der Waals surface area contributed by atoms with Crippen molar-refractivity contribution < 1.29 is 14.3 Å². The third-order valence-electron chi connectivity index (χ3n) is 4.23. The van der Waals surface area contributed by atoms with Crippen LogP contribution in [0.25, 0.3) is 0 Å². The Bertz CT molecular complexity index is 562. The maximum absolute atomic E-state index is 12.2. The molecule has 6 nitrogen and oxygen atoms in total. The van der Waals surface area contributed by atoms with Gasteiger partial charge in [0.1, 0.15) is 5.75 Å². The quantitative estimate of drug-likeness (QED) is 0.851. The molecule has 0 radical (unpaired) electrons. The van der Waals surface area contributed by atoms with Crippen molar-refractivity contribution in [1.29, 1.82) is 0 Å². The maximum Gasteiger partial charge on any atom is 0.234 e. The molecule has 1 saturated heterocycles. The van der Waals surface area contributed by atoms with Gasteiger partial charge in [0.05, 0.1) is 13.7 Å². The van der Waals surface area contributed by atoms with Gasteiger partial charge < -0.3 is 15.0 Å². The van der Waals surface area contributed by atoms with Crippen LogP contribution in [0.3, 0.4) is 0 Å². The molecule has 0 saturated carbocycles. The molecule has 0 aliphatic carbocycles. The summed E-state index contributed by atoms with van der Waals surface area (Å²) in [4.78, 5) is 27.9. The summed E-state index contributed by atoms with van der Waals surface area (Å²) in [5.74, 6) is 0.988. The van der Waals surface area contributed by atoms with Gasteiger partial charge in [-0.15, -0.1) is 0 Å². The van der Waals surface area contributed by atoms with Crippen LogP contribution >= 0.6 is 0 Å². The monoisotopic (exact) mass is 333 g/mol. The number of hydrogen-bond acceptors (Lipinski definition) is 4. The minimum Gasteiger partial charge on any atom is -0.497 e. The Morgan fingerprint density at radius 1 is 1.21 bits per heavy atom. The molecule has 2 amide bonds. The Hall–Kier alpha value is -2.08. The van der Waals surface area contributed by atoms with E-state index in [9.17, 15) is 9.59 Å². The Balaban J connectivity index is 1.76. The number of carbonyl (C=O) groups excluding carboxylic acids is 2. The van der Waals surface area contributed by atoms with Crippen LogP contribution in [0.1, 0.15) is 25.3 Å². The van der Waals surface area contributed by atoms with Crippen molar-refractivity contribution in [3.05, 3.63) is 29.8 Å². The SMILES string of the molecule is CCC(=O)N1CCCN(CC(=O)NCc2cccc(OC)c2)CC1. The zero-order valence-electron chi connectivity index (χ0n) is 14.6. The highest BCUT2D eigenvalue weighted by Gasteiger charge is 2.19. The molecule has 2 rings (SSSR count). The molecule has 1 aromatic rings. The van der Waals surface area contributed by atoms with E-state index in [1.54, 1.807) is 7.11 Å². The molecule has 0 unspecified atom stereocenters. The third kappa shape index (κ3) is 5.53. The highest BCUT2D eigenvalue weighted by Crippen LogP contribution is 2.12. The zero-order chi connectivity index (χ0) is 17.4. The highest BCUT2D eigenvalue weighted by atomic mass is 16.5. The second kappa shape index (κ2) is 9.27. The minimum atomic E-state index is 0.00749. The van der Waals surface area contributed by atoms with E-state index in [4.69, 9.17) is 4.74 Å². The molecular weight excluding hydrogens is 306 g/mol. The molecule has 1 heterocycles. The van der Waals surface area contributed by atoms with Gasteiger partial charge in [0.15, 0.2) is 0 Å². The van der Waals surface area contributed by atoms with Crippen molar-refractivity contribution in [2.24, 2.45) is 0 Å². The van der Waals surface area contributed by atoms with E-state index in [1.165, 1.54) is 0 Å². The van der Waals surface area contributed by atoms with Crippen LogP contribution < -0.4 is 10.1 Å². The second-order valence-corrected chi connectivity index (χ2v) is 5.99. The molecule has 132 valence electrons. The predicted octanol–water partition coefficient (Wildman–Crippen LogP) is 1.26. The summed E-state index contributed by atoms with van der Waals surface area (Å²) in [5.41, 5.74) is 1.01. The maximum atomic E-state index is 12.2. The van der Waals surface area contributed by atoms with Crippen LogP contribution in [-0.4, -0.2) is 61.4 Å². The van der Waals surface area contributed by atoms with Crippen LogP contribution in [0.5, 0.6) is 5.75 Å². The molecule has 0 bridgehead atoms. The van der Waals surface area contributed by atoms with E-state index in [-0.39, 0.29) is 11.8 Å². The Labute approximate surface area is 143 Å². The Kier molecular flexibility index (Phi) is 7.06. The fourth-order valence-corrected chi connectivity index (χ4v) is 2.84. The summed E-state index contributed by atoms with van der Waals surface area (Å²) in [7, 11) is 1.63. The topological polar surface area (TPSA) is 61.9 Å². The van der Waals surface area contributed by atoms with Gasteiger partial charge in [0.25, 0.3) is 0 Å². The van der Waals surface area contributed by atoms with E-state index in [1.807, 2.05) is 36.1 Å². The van der Waals surface area contributed by atoms with Gasteiger partial charge >= 0.3 is 0 Å². The third-order valence-corrected chi connectivity index (χ3v) is 4.23. The summed E-state index contributed by atoms with van der Waals surface area (Å²) in [6, 6.07) is 7.67. The summed E-state index contributed by atoms with van der Waals surface area (Å²) in [5, 5.41) is 2.95. The largest absolute Gasteiger partial charge is 0.497 e. The number of nitrogens with one attached hydrogen (secondary N) is 1. The van der Waals surface area contributed by atoms with Crippen molar-refractivity contribution in [2.45, 2.75) is 26.3 Å². The van der Waals surface area contributed by atoms with Crippen LogP contribution in [0.15, 0.2) is 24.3 Å². The van der Waals surface area contributed by atoms with E-state index < -0.39 is 0 Å². The first-order valence-electron chi connectivity index (χ1n) is 8.52. The van der Waals surface area contributed by atoms with Crippen molar-refractivity contribution in [1.82, 2.24) is 15.1 Å². The average molecular weight is 333 g/mol. The summed E-state index contributed by atoms with van der Waals surface area (Å²) < 4.78 is 5.18. The van der Waals surface area contributed by atoms with E-state index >= 15 is 0 Å². The fraction of sp³-hybridized carbons (Fsp3) is 0.556. The lowest BCUT2D eigenvalue weighted by molar-refractivity contribution is -0.130. The lowest BCUT2D eigenvalue weighted by Gasteiger charge is -2.21. The van der Waals surface area contributed by atoms with Crippen LogP contribution in [0.4, 0.5) is 0 Å². The van der Waals surface area contributed by atoms with Gasteiger partial charge in [-0.1, -0.05) is 19.1 Å². The summed E-state index contributed by atoms with van der Waals surface area (Å²) in [6.07, 6.45) is 1.45. The molecule has 0 spiro atoms. The second-order valence-electron chi connectivity index (χ2n) is 5.99. The number of rotatable bonds is 6. The fourth-order valence-electron chi connectivity index (χ4n) is 2.84. The molecule has 1 aliphatic heterocycles. The Morgan fingerprint density at radius 3 is 2.79 bits per heavy atom. The van der Waals surface area contributed by atoms with Gasteiger partial charge in [-0.3, -0.25) is 14.5 Å². The summed E-state index contributed by atoms with van der Waals surface area (Å²) >= 11 is 0. The molecule has 1 aliphatic rings. The van der Waals surface area contributed by atoms with Crippen molar-refractivity contribution >= 4 is 11.8 Å². The van der Waals surface area contributed by atoms with E-state index in [0.717, 1.165) is 37.4 Å². The zero-order valence-corrected chi connectivity index (χ0v) is 14.6. The minimum absolute atomic E-state index is 0.00749. The number of benzene rings is 1. The number of hydrogen-bond donors (Lipinski definition) is 1. The Morgan fingerprint density at radius 2 is 2.04 bits per heavy atom.